The van der Waals surface area contributed by atoms with Crippen LogP contribution in [-0.2, 0) is 4.79 Å². The van der Waals surface area contributed by atoms with Crippen LogP contribution in [0.2, 0.25) is 0 Å². The lowest BCUT2D eigenvalue weighted by Crippen LogP contribution is -2.48. The van der Waals surface area contributed by atoms with Crippen LogP contribution in [0, 0.1) is 10.1 Å². The highest BCUT2D eigenvalue weighted by Gasteiger charge is 2.04. The largest absolute Gasteiger partial charge is 0.359 e. The Morgan fingerprint density at radius 1 is 1.38 bits per heavy atom. The Balaban J connectivity index is 2.52. The lowest BCUT2D eigenvalue weighted by atomic mass is 10.2. The number of carbonyl (C=O) groups excluding carboxylic acids is 1. The molecule has 0 bridgehead atoms. The van der Waals surface area contributed by atoms with Crippen molar-refractivity contribution in [1.29, 1.82) is 0 Å². The van der Waals surface area contributed by atoms with Gasteiger partial charge in [-0.1, -0.05) is 12.1 Å². The van der Waals surface area contributed by atoms with Crippen LogP contribution >= 0.6 is 12.2 Å². The van der Waals surface area contributed by atoms with Gasteiger partial charge in [0.15, 0.2) is 5.11 Å². The van der Waals surface area contributed by atoms with Crippen molar-refractivity contribution in [3.8, 4) is 0 Å². The van der Waals surface area contributed by atoms with Gasteiger partial charge >= 0.3 is 0 Å². The normalized spacial score (nSPS) is 10.4. The van der Waals surface area contributed by atoms with E-state index < -0.39 is 10.8 Å². The zero-order valence-electron chi connectivity index (χ0n) is 11.6. The molecule has 0 saturated carbocycles. The standard InChI is InChI=1S/C13H16N4O3S/c1-9(2)14-13(21)16-15-12(18)7-6-10-4-3-5-11(8-10)17(19)20/h3-9H,1-2H3,(H,15,18)(H2,14,16,21)/b7-6+. The lowest BCUT2D eigenvalue weighted by molar-refractivity contribution is -0.384. The zero-order chi connectivity index (χ0) is 15.8. The Morgan fingerprint density at radius 3 is 2.71 bits per heavy atom. The van der Waals surface area contributed by atoms with E-state index in [2.05, 4.69) is 16.2 Å². The molecule has 7 nitrogen and oxygen atoms in total. The van der Waals surface area contributed by atoms with Crippen molar-refractivity contribution in [1.82, 2.24) is 16.2 Å². The van der Waals surface area contributed by atoms with Gasteiger partial charge in [-0.3, -0.25) is 25.8 Å². The summed E-state index contributed by atoms with van der Waals surface area (Å²) in [5.41, 5.74) is 5.45. The van der Waals surface area contributed by atoms with Gasteiger partial charge in [-0.2, -0.15) is 0 Å². The van der Waals surface area contributed by atoms with E-state index in [1.54, 1.807) is 12.1 Å². The van der Waals surface area contributed by atoms with Crippen LogP contribution in [0.5, 0.6) is 0 Å². The highest BCUT2D eigenvalue weighted by Crippen LogP contribution is 2.13. The second-order valence-corrected chi connectivity index (χ2v) is 4.84. The smallest absolute Gasteiger partial charge is 0.270 e. The van der Waals surface area contributed by atoms with E-state index in [0.29, 0.717) is 10.7 Å². The van der Waals surface area contributed by atoms with Gasteiger partial charge < -0.3 is 5.32 Å². The molecule has 1 rings (SSSR count). The van der Waals surface area contributed by atoms with Crippen LogP contribution in [0.1, 0.15) is 19.4 Å². The van der Waals surface area contributed by atoms with Crippen molar-refractivity contribution in [2.45, 2.75) is 19.9 Å². The second kappa shape index (κ2) is 7.95. The first-order chi connectivity index (χ1) is 9.88. The van der Waals surface area contributed by atoms with E-state index in [1.807, 2.05) is 13.8 Å². The van der Waals surface area contributed by atoms with Crippen LogP contribution in [0.15, 0.2) is 30.3 Å². The molecule has 0 aliphatic heterocycles. The minimum absolute atomic E-state index is 0.0296. The van der Waals surface area contributed by atoms with Gasteiger partial charge in [0.05, 0.1) is 4.92 Å². The monoisotopic (exact) mass is 308 g/mol. The minimum atomic E-state index is -0.491. The number of nitrogens with one attached hydrogen (secondary N) is 3. The summed E-state index contributed by atoms with van der Waals surface area (Å²) in [6.45, 7) is 3.83. The molecule has 0 spiro atoms. The van der Waals surface area contributed by atoms with E-state index in [0.717, 1.165) is 0 Å². The summed E-state index contributed by atoms with van der Waals surface area (Å²) in [7, 11) is 0. The van der Waals surface area contributed by atoms with Gasteiger partial charge in [0.1, 0.15) is 0 Å². The number of benzene rings is 1. The predicted molar refractivity (Wildman–Crippen MR) is 84.3 cm³/mol. The number of hydrogen-bond acceptors (Lipinski definition) is 4. The molecular weight excluding hydrogens is 292 g/mol. The summed E-state index contributed by atoms with van der Waals surface area (Å²) in [6, 6.07) is 6.13. The first kappa shape index (κ1) is 16.6. The molecule has 0 saturated heterocycles. The first-order valence-corrected chi connectivity index (χ1v) is 6.58. The highest BCUT2D eigenvalue weighted by atomic mass is 32.1. The van der Waals surface area contributed by atoms with Crippen LogP contribution in [-0.4, -0.2) is 22.0 Å². The number of thiocarbonyl (C=S) groups is 1. The molecule has 0 atom stereocenters. The molecule has 0 fully saturated rings. The maximum atomic E-state index is 11.5. The van der Waals surface area contributed by atoms with Gasteiger partial charge in [-0.05, 0) is 37.7 Å². The van der Waals surface area contributed by atoms with Crippen molar-refractivity contribution >= 4 is 35.0 Å². The van der Waals surface area contributed by atoms with E-state index in [4.69, 9.17) is 12.2 Å². The van der Waals surface area contributed by atoms with Gasteiger partial charge in [-0.15, -0.1) is 0 Å². The van der Waals surface area contributed by atoms with Crippen LogP contribution < -0.4 is 16.2 Å². The van der Waals surface area contributed by atoms with Gasteiger partial charge in [0, 0.05) is 24.3 Å². The number of rotatable bonds is 4. The van der Waals surface area contributed by atoms with E-state index in [1.165, 1.54) is 24.3 Å². The third-order valence-corrected chi connectivity index (χ3v) is 2.45. The third kappa shape index (κ3) is 6.48. The van der Waals surface area contributed by atoms with Gasteiger partial charge in [0.25, 0.3) is 11.6 Å². The highest BCUT2D eigenvalue weighted by molar-refractivity contribution is 7.80. The molecule has 0 radical (unpaired) electrons. The van der Waals surface area contributed by atoms with Crippen molar-refractivity contribution in [2.24, 2.45) is 0 Å². The van der Waals surface area contributed by atoms with E-state index >= 15 is 0 Å². The minimum Gasteiger partial charge on any atom is -0.359 e. The average Bonchev–Trinajstić information content (AvgIpc) is 2.42. The van der Waals surface area contributed by atoms with Crippen molar-refractivity contribution in [3.05, 3.63) is 46.0 Å². The molecule has 0 aliphatic carbocycles. The second-order valence-electron chi connectivity index (χ2n) is 4.43. The fourth-order valence-electron chi connectivity index (χ4n) is 1.37. The molecule has 3 N–H and O–H groups in total. The Bertz CT molecular complexity index is 572. The SMILES string of the molecule is CC(C)NC(=S)NNC(=O)/C=C/c1cccc([N+](=O)[O-])c1. The molecule has 1 aromatic rings. The summed E-state index contributed by atoms with van der Waals surface area (Å²) in [5.74, 6) is -0.422. The van der Waals surface area contributed by atoms with E-state index in [-0.39, 0.29) is 11.7 Å². The topological polar surface area (TPSA) is 96.3 Å². The number of amides is 1. The number of hydrazine groups is 1. The summed E-state index contributed by atoms with van der Waals surface area (Å²) in [6.07, 6.45) is 2.73. The van der Waals surface area contributed by atoms with Crippen LogP contribution in [0.25, 0.3) is 6.08 Å². The number of carbonyl (C=O) groups is 1. The average molecular weight is 308 g/mol. The molecule has 21 heavy (non-hydrogen) atoms. The fraction of sp³-hybridized carbons (Fsp3) is 0.231. The Morgan fingerprint density at radius 2 is 2.10 bits per heavy atom. The Hall–Kier alpha value is -2.48. The molecule has 0 heterocycles. The molecule has 8 heteroatoms. The third-order valence-electron chi connectivity index (χ3n) is 2.23. The van der Waals surface area contributed by atoms with E-state index in [9.17, 15) is 14.9 Å². The molecular formula is C13H16N4O3S. The summed E-state index contributed by atoms with van der Waals surface area (Å²) < 4.78 is 0. The molecule has 0 aromatic heterocycles. The molecule has 1 amide bonds. The number of nitro benzene ring substituents is 1. The van der Waals surface area contributed by atoms with Crippen molar-refractivity contribution < 1.29 is 9.72 Å². The summed E-state index contributed by atoms with van der Waals surface area (Å²) in [5, 5.41) is 13.8. The number of hydrogen-bond donors (Lipinski definition) is 3. The maximum absolute atomic E-state index is 11.5. The molecule has 0 unspecified atom stereocenters. The maximum Gasteiger partial charge on any atom is 0.270 e. The van der Waals surface area contributed by atoms with Gasteiger partial charge in [0.2, 0.25) is 0 Å². The lowest BCUT2D eigenvalue weighted by Gasteiger charge is -2.12. The van der Waals surface area contributed by atoms with Gasteiger partial charge in [-0.25, -0.2) is 0 Å². The first-order valence-electron chi connectivity index (χ1n) is 6.17. The number of non-ortho nitro benzene ring substituents is 1. The zero-order valence-corrected chi connectivity index (χ0v) is 12.4. The Kier molecular flexibility index (Phi) is 6.28. The van der Waals surface area contributed by atoms with Crippen molar-refractivity contribution in [2.75, 3.05) is 0 Å². The summed E-state index contributed by atoms with van der Waals surface area (Å²) >= 11 is 4.94. The predicted octanol–water partition coefficient (Wildman–Crippen LogP) is 1.51. The molecule has 1 aromatic carbocycles. The van der Waals surface area contributed by atoms with Crippen LogP contribution in [0.4, 0.5) is 5.69 Å². The van der Waals surface area contributed by atoms with Crippen LogP contribution in [0.3, 0.4) is 0 Å². The quantitative estimate of drug-likeness (QED) is 0.338. The fourth-order valence-corrected chi connectivity index (χ4v) is 1.66. The van der Waals surface area contributed by atoms with Crippen molar-refractivity contribution in [3.63, 3.8) is 0 Å². The number of nitro groups is 1. The summed E-state index contributed by atoms with van der Waals surface area (Å²) in [4.78, 5) is 21.7. The Labute approximate surface area is 127 Å². The molecule has 0 aliphatic rings. The molecule has 112 valence electrons. The number of nitrogens with zero attached hydrogens (tertiary/aromatic N) is 1.